The first-order valence-electron chi connectivity index (χ1n) is 5.52. The molecule has 2 heteroatoms. The fourth-order valence-corrected chi connectivity index (χ4v) is 1.77. The maximum absolute atomic E-state index is 6.02. The van der Waals surface area contributed by atoms with E-state index in [9.17, 15) is 0 Å². The second kappa shape index (κ2) is 5.17. The molecule has 0 radical (unpaired) electrons. The van der Waals surface area contributed by atoms with Crippen molar-refractivity contribution in [3.05, 3.63) is 35.1 Å². The third-order valence-electron chi connectivity index (χ3n) is 2.51. The third-order valence-corrected chi connectivity index (χ3v) is 2.51. The monoisotopic (exact) mass is 206 g/mol. The van der Waals surface area contributed by atoms with E-state index in [-0.39, 0.29) is 0 Å². The summed E-state index contributed by atoms with van der Waals surface area (Å²) in [5.74, 6) is 0.491. The molecule has 0 bridgehead atoms. The Bertz CT molecular complexity index is 306. The van der Waals surface area contributed by atoms with E-state index in [2.05, 4.69) is 51.1 Å². The van der Waals surface area contributed by atoms with Crippen molar-refractivity contribution in [3.8, 4) is 0 Å². The molecule has 1 aliphatic rings. The van der Waals surface area contributed by atoms with Crippen LogP contribution in [-0.2, 0) is 0 Å². The number of hydrogen-bond donors (Lipinski definition) is 1. The molecular formula is C13H22N2. The van der Waals surface area contributed by atoms with Crippen LogP contribution in [0, 0.1) is 5.92 Å². The zero-order chi connectivity index (χ0) is 11.4. The van der Waals surface area contributed by atoms with Gasteiger partial charge in [0.2, 0.25) is 0 Å². The van der Waals surface area contributed by atoms with Gasteiger partial charge in [0.05, 0.1) is 0 Å². The molecule has 2 N–H and O–H groups in total. The molecular weight excluding hydrogens is 184 g/mol. The van der Waals surface area contributed by atoms with Crippen LogP contribution in [0.25, 0.3) is 0 Å². The van der Waals surface area contributed by atoms with Crippen molar-refractivity contribution in [2.45, 2.75) is 20.3 Å². The Morgan fingerprint density at radius 1 is 1.33 bits per heavy atom. The molecule has 0 spiro atoms. The molecule has 0 aromatic heterocycles. The molecule has 0 heterocycles. The van der Waals surface area contributed by atoms with Gasteiger partial charge < -0.3 is 10.6 Å². The van der Waals surface area contributed by atoms with E-state index in [1.165, 1.54) is 11.1 Å². The molecule has 0 amide bonds. The van der Waals surface area contributed by atoms with E-state index in [0.29, 0.717) is 5.92 Å². The quantitative estimate of drug-likeness (QED) is 0.767. The zero-order valence-corrected chi connectivity index (χ0v) is 10.2. The fourth-order valence-electron chi connectivity index (χ4n) is 1.77. The Morgan fingerprint density at radius 2 is 2.00 bits per heavy atom. The second-order valence-electron chi connectivity index (χ2n) is 4.67. The summed E-state index contributed by atoms with van der Waals surface area (Å²) in [5, 5.41) is 0. The van der Waals surface area contributed by atoms with Crippen LogP contribution in [0.4, 0.5) is 0 Å². The van der Waals surface area contributed by atoms with Crippen molar-refractivity contribution in [2.24, 2.45) is 11.7 Å². The molecule has 0 aliphatic heterocycles. The molecule has 15 heavy (non-hydrogen) atoms. The first kappa shape index (κ1) is 12.1. The average molecular weight is 206 g/mol. The first-order valence-corrected chi connectivity index (χ1v) is 5.52. The molecule has 0 unspecified atom stereocenters. The van der Waals surface area contributed by atoms with Crippen molar-refractivity contribution in [3.63, 3.8) is 0 Å². The number of nitrogens with zero attached hydrogens (tertiary/aromatic N) is 1. The molecule has 1 rings (SSSR count). The molecule has 0 aromatic rings. The van der Waals surface area contributed by atoms with E-state index in [1.54, 1.807) is 0 Å². The largest absolute Gasteiger partial charge is 0.399 e. The zero-order valence-electron chi connectivity index (χ0n) is 10.2. The van der Waals surface area contributed by atoms with E-state index >= 15 is 0 Å². The van der Waals surface area contributed by atoms with Crippen LogP contribution >= 0.6 is 0 Å². The summed E-state index contributed by atoms with van der Waals surface area (Å²) in [7, 11) is 4.18. The highest BCUT2D eigenvalue weighted by Crippen LogP contribution is 2.21. The van der Waals surface area contributed by atoms with Crippen LogP contribution in [0.3, 0.4) is 0 Å². The maximum atomic E-state index is 6.02. The smallest absolute Gasteiger partial charge is 0.0311 e. The van der Waals surface area contributed by atoms with Crippen molar-refractivity contribution < 1.29 is 0 Å². The molecule has 0 fully saturated rings. The van der Waals surface area contributed by atoms with Crippen LogP contribution in [0.1, 0.15) is 20.3 Å². The van der Waals surface area contributed by atoms with Gasteiger partial charge in [-0.05, 0) is 37.6 Å². The third kappa shape index (κ3) is 3.56. The van der Waals surface area contributed by atoms with Gasteiger partial charge in [-0.3, -0.25) is 0 Å². The van der Waals surface area contributed by atoms with Crippen LogP contribution in [0.5, 0.6) is 0 Å². The van der Waals surface area contributed by atoms with Gasteiger partial charge in [0, 0.05) is 12.2 Å². The van der Waals surface area contributed by atoms with Gasteiger partial charge in [0.25, 0.3) is 0 Å². The fraction of sp³-hybridized carbons (Fsp3) is 0.538. The topological polar surface area (TPSA) is 29.3 Å². The van der Waals surface area contributed by atoms with Crippen LogP contribution in [-0.4, -0.2) is 25.5 Å². The van der Waals surface area contributed by atoms with Crippen LogP contribution in [0.15, 0.2) is 35.1 Å². The minimum Gasteiger partial charge on any atom is -0.399 e. The van der Waals surface area contributed by atoms with Crippen LogP contribution in [0.2, 0.25) is 0 Å². The normalized spacial score (nSPS) is 17.3. The number of hydrogen-bond acceptors (Lipinski definition) is 2. The number of nitrogens with two attached hydrogens (primary N) is 1. The Morgan fingerprint density at radius 3 is 2.53 bits per heavy atom. The lowest BCUT2D eigenvalue weighted by Crippen LogP contribution is -2.15. The highest BCUT2D eigenvalue weighted by Gasteiger charge is 2.10. The SMILES string of the molecule is CC(C)C1=CC(CN(C)C)=CCC=C1N. The first-order chi connectivity index (χ1) is 7.00. The predicted molar refractivity (Wildman–Crippen MR) is 66.4 cm³/mol. The summed E-state index contributed by atoms with van der Waals surface area (Å²) in [4.78, 5) is 2.18. The molecule has 1 aliphatic carbocycles. The van der Waals surface area contributed by atoms with Gasteiger partial charge in [0.1, 0.15) is 0 Å². The average Bonchev–Trinajstić information content (AvgIpc) is 2.27. The minimum atomic E-state index is 0.491. The highest BCUT2D eigenvalue weighted by molar-refractivity contribution is 5.40. The van der Waals surface area contributed by atoms with Gasteiger partial charge in [-0.25, -0.2) is 0 Å². The highest BCUT2D eigenvalue weighted by atomic mass is 15.0. The molecule has 0 saturated carbocycles. The number of likely N-dealkylation sites (N-methyl/N-ethyl adjacent to an activating group) is 1. The number of allylic oxidation sites excluding steroid dienone is 3. The van der Waals surface area contributed by atoms with Gasteiger partial charge in [-0.1, -0.05) is 32.1 Å². The van der Waals surface area contributed by atoms with Gasteiger partial charge >= 0.3 is 0 Å². The Hall–Kier alpha value is -1.02. The van der Waals surface area contributed by atoms with Crippen molar-refractivity contribution >= 4 is 0 Å². The summed E-state index contributed by atoms with van der Waals surface area (Å²) in [5.41, 5.74) is 9.58. The Balaban J connectivity index is 2.89. The molecule has 84 valence electrons. The van der Waals surface area contributed by atoms with Gasteiger partial charge in [-0.15, -0.1) is 0 Å². The molecule has 0 aromatic carbocycles. The summed E-state index contributed by atoms with van der Waals surface area (Å²) in [6.45, 7) is 5.35. The lowest BCUT2D eigenvalue weighted by molar-refractivity contribution is 0.448. The van der Waals surface area contributed by atoms with Crippen molar-refractivity contribution in [1.82, 2.24) is 4.90 Å². The van der Waals surface area contributed by atoms with Crippen molar-refractivity contribution in [2.75, 3.05) is 20.6 Å². The number of rotatable bonds is 3. The van der Waals surface area contributed by atoms with E-state index < -0.39 is 0 Å². The minimum absolute atomic E-state index is 0.491. The van der Waals surface area contributed by atoms with Gasteiger partial charge in [0.15, 0.2) is 0 Å². The Labute approximate surface area is 93.1 Å². The van der Waals surface area contributed by atoms with Crippen LogP contribution < -0.4 is 5.73 Å². The molecule has 0 atom stereocenters. The lowest BCUT2D eigenvalue weighted by atomic mass is 9.98. The van der Waals surface area contributed by atoms with Crippen molar-refractivity contribution in [1.29, 1.82) is 0 Å². The summed E-state index contributed by atoms with van der Waals surface area (Å²) in [6.07, 6.45) is 7.54. The van der Waals surface area contributed by atoms with E-state index in [1.807, 2.05) is 0 Å². The summed E-state index contributed by atoms with van der Waals surface area (Å²) >= 11 is 0. The lowest BCUT2D eigenvalue weighted by Gasteiger charge is -2.14. The van der Waals surface area contributed by atoms with E-state index in [4.69, 9.17) is 5.73 Å². The summed E-state index contributed by atoms with van der Waals surface area (Å²) in [6, 6.07) is 0. The molecule has 2 nitrogen and oxygen atoms in total. The standard InChI is InChI=1S/C13H22N2/c1-10(2)12-8-11(9-15(3)4)6-5-7-13(12)14/h6-8,10H,5,9,14H2,1-4H3. The predicted octanol–water partition coefficient (Wildman–Crippen LogP) is 2.30. The summed E-state index contributed by atoms with van der Waals surface area (Å²) < 4.78 is 0. The Kier molecular flexibility index (Phi) is 4.15. The van der Waals surface area contributed by atoms with E-state index in [0.717, 1.165) is 18.7 Å². The maximum Gasteiger partial charge on any atom is 0.0311 e. The van der Waals surface area contributed by atoms with Gasteiger partial charge in [-0.2, -0.15) is 0 Å². The second-order valence-corrected chi connectivity index (χ2v) is 4.67. The molecule has 0 saturated heterocycles.